The molecule has 1 unspecified atom stereocenters. The van der Waals surface area contributed by atoms with Crippen LogP contribution >= 0.6 is 0 Å². The summed E-state index contributed by atoms with van der Waals surface area (Å²) in [6.45, 7) is 6.93. The molecule has 0 spiro atoms. The lowest BCUT2D eigenvalue weighted by molar-refractivity contribution is -0.135. The van der Waals surface area contributed by atoms with Crippen LogP contribution < -0.4 is 22.1 Å². The van der Waals surface area contributed by atoms with Crippen LogP contribution in [0, 0.1) is 11.8 Å². The van der Waals surface area contributed by atoms with E-state index in [0.717, 1.165) is 12.8 Å². The maximum Gasteiger partial charge on any atom is 0.245 e. The van der Waals surface area contributed by atoms with Crippen LogP contribution in [0.2, 0.25) is 0 Å². The highest BCUT2D eigenvalue weighted by molar-refractivity contribution is 5.92. The summed E-state index contributed by atoms with van der Waals surface area (Å²) in [5.41, 5.74) is 11.2. The minimum absolute atomic E-state index is 0.0539. The number of carbonyl (C=O) groups is 3. The van der Waals surface area contributed by atoms with Gasteiger partial charge in [-0.3, -0.25) is 14.4 Å². The topological polar surface area (TPSA) is 148 Å². The number of aliphatic hydroxyl groups is 1. The van der Waals surface area contributed by atoms with Crippen molar-refractivity contribution >= 4 is 17.6 Å². The van der Waals surface area contributed by atoms with Gasteiger partial charge in [-0.2, -0.15) is 0 Å². The molecule has 0 aliphatic rings. The van der Waals surface area contributed by atoms with E-state index in [9.17, 15) is 19.5 Å². The average Bonchev–Trinajstić information content (AvgIpc) is 2.57. The molecule has 0 rings (SSSR count). The van der Waals surface area contributed by atoms with Crippen molar-refractivity contribution in [2.24, 2.45) is 23.3 Å². The lowest BCUT2D eigenvalue weighted by Crippen LogP contribution is -2.58. The monoisotopic (exact) mass is 358 g/mol. The van der Waals surface area contributed by atoms with Gasteiger partial charge in [-0.05, 0) is 26.2 Å². The predicted octanol–water partition coefficient (Wildman–Crippen LogP) is -0.714. The summed E-state index contributed by atoms with van der Waals surface area (Å²) in [6, 6.07) is -2.02. The van der Waals surface area contributed by atoms with Crippen LogP contribution in [0.1, 0.15) is 47.0 Å². The van der Waals surface area contributed by atoms with Crippen molar-refractivity contribution in [3.8, 4) is 0 Å². The standard InChI is InChI=1S/C17H34N4O4/c1-5-12(6-2)7-13(8-18)16(24)21-15(11(4)23)17(25)20-14(9-19)10(3)22/h11-15,23H,5-9,18-19H2,1-4H3,(H,20,25)(H,21,24)/t11-,13?,14-,15-/m0/s1. The van der Waals surface area contributed by atoms with Crippen LogP contribution in [0.3, 0.4) is 0 Å². The molecule has 0 saturated heterocycles. The average molecular weight is 358 g/mol. The molecule has 2 amide bonds. The van der Waals surface area contributed by atoms with Gasteiger partial charge in [-0.15, -0.1) is 0 Å². The number of aliphatic hydroxyl groups excluding tert-OH is 1. The molecular formula is C17H34N4O4. The first kappa shape index (κ1) is 23.5. The third-order valence-electron chi connectivity index (χ3n) is 4.53. The highest BCUT2D eigenvalue weighted by atomic mass is 16.3. The molecular weight excluding hydrogens is 324 g/mol. The zero-order valence-electron chi connectivity index (χ0n) is 15.7. The van der Waals surface area contributed by atoms with Gasteiger partial charge in [-0.1, -0.05) is 26.7 Å². The molecule has 0 bridgehead atoms. The molecule has 0 saturated carbocycles. The van der Waals surface area contributed by atoms with Gasteiger partial charge in [0.15, 0.2) is 5.78 Å². The normalized spacial score (nSPS) is 16.0. The second-order valence-corrected chi connectivity index (χ2v) is 6.49. The van der Waals surface area contributed by atoms with Gasteiger partial charge in [0.05, 0.1) is 18.1 Å². The first-order valence-electron chi connectivity index (χ1n) is 8.90. The van der Waals surface area contributed by atoms with Crippen LogP contribution in [0.4, 0.5) is 0 Å². The molecule has 8 heteroatoms. The van der Waals surface area contributed by atoms with Gasteiger partial charge in [0.25, 0.3) is 0 Å². The third kappa shape index (κ3) is 7.94. The molecule has 0 aromatic rings. The number of ketones is 1. The lowest BCUT2D eigenvalue weighted by atomic mass is 9.90. The van der Waals surface area contributed by atoms with E-state index in [0.29, 0.717) is 12.3 Å². The van der Waals surface area contributed by atoms with E-state index in [1.165, 1.54) is 13.8 Å². The first-order chi connectivity index (χ1) is 11.7. The molecule has 4 atom stereocenters. The third-order valence-corrected chi connectivity index (χ3v) is 4.53. The largest absolute Gasteiger partial charge is 0.391 e. The smallest absolute Gasteiger partial charge is 0.245 e. The van der Waals surface area contributed by atoms with Crippen molar-refractivity contribution in [1.82, 2.24) is 10.6 Å². The molecule has 146 valence electrons. The van der Waals surface area contributed by atoms with Crippen molar-refractivity contribution < 1.29 is 19.5 Å². The molecule has 0 fully saturated rings. The summed E-state index contributed by atoms with van der Waals surface area (Å²) in [5.74, 6) is -1.37. The molecule has 0 radical (unpaired) electrons. The fourth-order valence-corrected chi connectivity index (χ4v) is 2.60. The van der Waals surface area contributed by atoms with E-state index in [1.807, 2.05) is 0 Å². The Labute approximate surface area is 150 Å². The van der Waals surface area contributed by atoms with Gasteiger partial charge >= 0.3 is 0 Å². The van der Waals surface area contributed by atoms with Crippen LogP contribution in [-0.4, -0.2) is 54.0 Å². The van der Waals surface area contributed by atoms with Crippen molar-refractivity contribution in [2.45, 2.75) is 65.1 Å². The Hall–Kier alpha value is -1.51. The lowest BCUT2D eigenvalue weighted by Gasteiger charge is -2.26. The van der Waals surface area contributed by atoms with Crippen LogP contribution in [0.25, 0.3) is 0 Å². The molecule has 8 nitrogen and oxygen atoms in total. The molecule has 0 aromatic heterocycles. The summed E-state index contributed by atoms with van der Waals surface area (Å²) in [6.07, 6.45) is 1.39. The van der Waals surface area contributed by atoms with Gasteiger partial charge < -0.3 is 27.2 Å². The number of amides is 2. The second kappa shape index (κ2) is 11.9. The van der Waals surface area contributed by atoms with E-state index >= 15 is 0 Å². The zero-order valence-corrected chi connectivity index (χ0v) is 15.7. The van der Waals surface area contributed by atoms with Crippen molar-refractivity contribution in [2.75, 3.05) is 13.1 Å². The molecule has 0 aromatic carbocycles. The Balaban J connectivity index is 5.01. The quantitative estimate of drug-likeness (QED) is 0.311. The van der Waals surface area contributed by atoms with E-state index in [1.54, 1.807) is 0 Å². The van der Waals surface area contributed by atoms with Crippen LogP contribution in [0.15, 0.2) is 0 Å². The SMILES string of the molecule is CCC(CC)CC(CN)C(=O)N[C@H](C(=O)N[C@@H](CN)C(C)=O)[C@H](C)O. The number of Topliss-reactive ketones (excluding diaryl/α,β-unsaturated/α-hetero) is 1. The summed E-state index contributed by atoms with van der Waals surface area (Å²) < 4.78 is 0. The number of rotatable bonds is 12. The number of hydrogen-bond donors (Lipinski definition) is 5. The summed E-state index contributed by atoms with van der Waals surface area (Å²) in [4.78, 5) is 36.2. The van der Waals surface area contributed by atoms with Gasteiger partial charge in [0, 0.05) is 13.1 Å². The highest BCUT2D eigenvalue weighted by Gasteiger charge is 2.30. The van der Waals surface area contributed by atoms with E-state index in [2.05, 4.69) is 24.5 Å². The summed E-state index contributed by atoms with van der Waals surface area (Å²) in [5, 5.41) is 14.9. The maximum absolute atomic E-state index is 12.5. The minimum Gasteiger partial charge on any atom is -0.391 e. The fraction of sp³-hybridized carbons (Fsp3) is 0.824. The number of carbonyl (C=O) groups excluding carboxylic acids is 3. The number of nitrogens with one attached hydrogen (secondary N) is 2. The number of hydrogen-bond acceptors (Lipinski definition) is 6. The Morgan fingerprint density at radius 3 is 1.92 bits per heavy atom. The van der Waals surface area contributed by atoms with E-state index in [4.69, 9.17) is 11.5 Å². The molecule has 0 aliphatic heterocycles. The second-order valence-electron chi connectivity index (χ2n) is 6.49. The van der Waals surface area contributed by atoms with Gasteiger partial charge in [-0.25, -0.2) is 0 Å². The Morgan fingerprint density at radius 1 is 1.00 bits per heavy atom. The predicted molar refractivity (Wildman–Crippen MR) is 96.5 cm³/mol. The van der Waals surface area contributed by atoms with E-state index < -0.39 is 30.0 Å². The first-order valence-corrected chi connectivity index (χ1v) is 8.90. The maximum atomic E-state index is 12.5. The molecule has 0 heterocycles. The molecule has 0 aliphatic carbocycles. The van der Waals surface area contributed by atoms with Crippen LogP contribution in [0.5, 0.6) is 0 Å². The van der Waals surface area contributed by atoms with Crippen LogP contribution in [-0.2, 0) is 14.4 Å². The van der Waals surface area contributed by atoms with Crippen molar-refractivity contribution in [1.29, 1.82) is 0 Å². The molecule has 7 N–H and O–H groups in total. The summed E-state index contributed by atoms with van der Waals surface area (Å²) >= 11 is 0. The van der Waals surface area contributed by atoms with E-state index in [-0.39, 0.29) is 24.8 Å². The Kier molecular flexibility index (Phi) is 11.2. The molecule has 25 heavy (non-hydrogen) atoms. The summed E-state index contributed by atoms with van der Waals surface area (Å²) in [7, 11) is 0. The minimum atomic E-state index is -1.17. The highest BCUT2D eigenvalue weighted by Crippen LogP contribution is 2.18. The number of nitrogens with two attached hydrogens (primary N) is 2. The Morgan fingerprint density at radius 2 is 1.56 bits per heavy atom. The van der Waals surface area contributed by atoms with Gasteiger partial charge in [0.2, 0.25) is 11.8 Å². The van der Waals surface area contributed by atoms with Crippen molar-refractivity contribution in [3.63, 3.8) is 0 Å². The zero-order chi connectivity index (χ0) is 19.6. The van der Waals surface area contributed by atoms with Gasteiger partial charge in [0.1, 0.15) is 6.04 Å². The van der Waals surface area contributed by atoms with Crippen molar-refractivity contribution in [3.05, 3.63) is 0 Å². The Bertz CT molecular complexity index is 438. The fourth-order valence-electron chi connectivity index (χ4n) is 2.60.